The van der Waals surface area contributed by atoms with E-state index in [9.17, 15) is 13.5 Å². The van der Waals surface area contributed by atoms with Crippen LogP contribution in [0.15, 0.2) is 65.6 Å². The summed E-state index contributed by atoms with van der Waals surface area (Å²) in [6.45, 7) is 0.988. The van der Waals surface area contributed by atoms with Gasteiger partial charge in [0, 0.05) is 22.4 Å². The zero-order valence-electron chi connectivity index (χ0n) is 14.9. The Morgan fingerprint density at radius 1 is 1.00 bits per heavy atom. The van der Waals surface area contributed by atoms with Crippen molar-refractivity contribution in [1.82, 2.24) is 4.72 Å². The van der Waals surface area contributed by atoms with Gasteiger partial charge in [0.05, 0.1) is 4.90 Å². The normalized spacial score (nSPS) is 14.6. The fourth-order valence-corrected chi connectivity index (χ4v) is 4.96. The Balaban J connectivity index is 1.45. The molecule has 0 bridgehead atoms. The average molecular weight is 418 g/mol. The van der Waals surface area contributed by atoms with E-state index in [0.29, 0.717) is 24.7 Å². The van der Waals surface area contributed by atoms with Crippen LogP contribution in [0.1, 0.15) is 21.4 Å². The predicted molar refractivity (Wildman–Crippen MR) is 106 cm³/mol. The summed E-state index contributed by atoms with van der Waals surface area (Å²) in [5.74, 6) is 0.974. The molecule has 146 valence electrons. The van der Waals surface area contributed by atoms with Crippen molar-refractivity contribution in [2.45, 2.75) is 17.5 Å². The van der Waals surface area contributed by atoms with Crippen LogP contribution in [-0.4, -0.2) is 26.7 Å². The van der Waals surface area contributed by atoms with E-state index in [1.54, 1.807) is 6.07 Å². The lowest BCUT2D eigenvalue weighted by Gasteiger charge is -2.18. The minimum atomic E-state index is -3.70. The maximum absolute atomic E-state index is 12.6. The van der Waals surface area contributed by atoms with Crippen LogP contribution < -0.4 is 14.2 Å². The van der Waals surface area contributed by atoms with Gasteiger partial charge in [-0.05, 0) is 29.8 Å². The molecule has 1 atom stereocenters. The number of fused-ring (bicyclic) bond motifs is 1. The number of nitrogens with one attached hydrogen (secondary N) is 1. The Labute approximate surface area is 167 Å². The lowest BCUT2D eigenvalue weighted by molar-refractivity contribution is 0.171. The van der Waals surface area contributed by atoms with Gasteiger partial charge in [0.1, 0.15) is 19.3 Å². The molecule has 1 aromatic heterocycles. The van der Waals surface area contributed by atoms with Gasteiger partial charge in [-0.15, -0.1) is 11.3 Å². The van der Waals surface area contributed by atoms with Gasteiger partial charge < -0.3 is 14.6 Å². The van der Waals surface area contributed by atoms with E-state index in [-0.39, 0.29) is 11.4 Å². The van der Waals surface area contributed by atoms with Gasteiger partial charge >= 0.3 is 0 Å². The Morgan fingerprint density at radius 2 is 1.75 bits per heavy atom. The van der Waals surface area contributed by atoms with E-state index >= 15 is 0 Å². The Bertz CT molecular complexity index is 1060. The minimum absolute atomic E-state index is 0.123. The lowest BCUT2D eigenvalue weighted by atomic mass is 10.1. The molecule has 1 unspecified atom stereocenters. The van der Waals surface area contributed by atoms with Crippen molar-refractivity contribution in [3.8, 4) is 11.5 Å². The molecule has 0 spiro atoms. The summed E-state index contributed by atoms with van der Waals surface area (Å²) in [7, 11) is -3.70. The van der Waals surface area contributed by atoms with Crippen molar-refractivity contribution in [1.29, 1.82) is 0 Å². The van der Waals surface area contributed by atoms with Gasteiger partial charge in [-0.3, -0.25) is 0 Å². The number of aliphatic hydroxyl groups excluding tert-OH is 1. The second-order valence-electron chi connectivity index (χ2n) is 6.25. The SMILES string of the molecule is O=S(=O)(NCc1ccc(C(O)c2ccccc2)s1)c1ccc2c(c1)OCCO2. The Morgan fingerprint density at radius 3 is 2.54 bits per heavy atom. The molecule has 1 aliphatic heterocycles. The van der Waals surface area contributed by atoms with Crippen molar-refractivity contribution in [2.75, 3.05) is 13.2 Å². The monoisotopic (exact) mass is 417 g/mol. The van der Waals surface area contributed by atoms with E-state index in [1.165, 1.54) is 23.5 Å². The summed E-state index contributed by atoms with van der Waals surface area (Å²) >= 11 is 1.37. The molecular formula is C20H19NO5S2. The first kappa shape index (κ1) is 18.9. The van der Waals surface area contributed by atoms with Gasteiger partial charge in [-0.25, -0.2) is 13.1 Å². The van der Waals surface area contributed by atoms with E-state index in [2.05, 4.69) is 4.72 Å². The minimum Gasteiger partial charge on any atom is -0.486 e. The predicted octanol–water partition coefficient (Wildman–Crippen LogP) is 3.08. The standard InChI is InChI=1S/C20H19NO5S2/c22-20(14-4-2-1-3-5-14)19-9-6-15(27-19)13-21-28(23,24)16-7-8-17-18(12-16)26-11-10-25-17/h1-9,12,20-22H,10-11,13H2. The summed E-state index contributed by atoms with van der Waals surface area (Å²) in [6.07, 6.45) is -0.727. The summed E-state index contributed by atoms with van der Waals surface area (Å²) in [5, 5.41) is 10.5. The average Bonchev–Trinajstić information content (AvgIpc) is 3.21. The number of thiophene rings is 1. The molecule has 0 fully saturated rings. The highest BCUT2D eigenvalue weighted by Crippen LogP contribution is 2.32. The number of rotatable bonds is 6. The van der Waals surface area contributed by atoms with E-state index in [1.807, 2.05) is 42.5 Å². The number of benzene rings is 2. The number of hydrogen-bond donors (Lipinski definition) is 2. The Hall–Kier alpha value is -2.39. The zero-order chi connectivity index (χ0) is 19.6. The van der Waals surface area contributed by atoms with Crippen molar-refractivity contribution in [2.24, 2.45) is 0 Å². The highest BCUT2D eigenvalue weighted by Gasteiger charge is 2.20. The summed E-state index contributed by atoms with van der Waals surface area (Å²) in [4.78, 5) is 1.70. The highest BCUT2D eigenvalue weighted by atomic mass is 32.2. The van der Waals surface area contributed by atoms with Crippen molar-refractivity contribution in [3.05, 3.63) is 76.0 Å². The van der Waals surface area contributed by atoms with Gasteiger partial charge in [0.15, 0.2) is 11.5 Å². The number of ether oxygens (including phenoxy) is 2. The fourth-order valence-electron chi connectivity index (χ4n) is 2.88. The second-order valence-corrected chi connectivity index (χ2v) is 9.21. The van der Waals surface area contributed by atoms with E-state index in [0.717, 1.165) is 15.3 Å². The van der Waals surface area contributed by atoms with Crippen LogP contribution in [0.25, 0.3) is 0 Å². The van der Waals surface area contributed by atoms with Gasteiger partial charge in [0.2, 0.25) is 10.0 Å². The maximum Gasteiger partial charge on any atom is 0.241 e. The third kappa shape index (κ3) is 4.05. The molecule has 2 heterocycles. The van der Waals surface area contributed by atoms with Crippen LogP contribution >= 0.6 is 11.3 Å². The van der Waals surface area contributed by atoms with Crippen LogP contribution in [0.3, 0.4) is 0 Å². The van der Waals surface area contributed by atoms with Crippen LogP contribution in [-0.2, 0) is 16.6 Å². The van der Waals surface area contributed by atoms with Crippen LogP contribution in [0.2, 0.25) is 0 Å². The van der Waals surface area contributed by atoms with Gasteiger partial charge in [-0.2, -0.15) is 0 Å². The van der Waals surface area contributed by atoms with Crippen LogP contribution in [0, 0.1) is 0 Å². The smallest absolute Gasteiger partial charge is 0.241 e. The second kappa shape index (κ2) is 7.92. The van der Waals surface area contributed by atoms with Crippen LogP contribution in [0.4, 0.5) is 0 Å². The number of aliphatic hydroxyl groups is 1. The third-order valence-electron chi connectivity index (χ3n) is 4.33. The molecule has 2 aromatic carbocycles. The van der Waals surface area contributed by atoms with Crippen molar-refractivity contribution >= 4 is 21.4 Å². The molecular weight excluding hydrogens is 398 g/mol. The fraction of sp³-hybridized carbons (Fsp3) is 0.200. The molecule has 0 radical (unpaired) electrons. The van der Waals surface area contributed by atoms with E-state index < -0.39 is 16.1 Å². The first-order chi connectivity index (χ1) is 13.5. The topological polar surface area (TPSA) is 84.9 Å². The molecule has 3 aromatic rings. The molecule has 0 saturated heterocycles. The Kier molecular flexibility index (Phi) is 5.36. The molecule has 0 aliphatic carbocycles. The summed E-state index contributed by atoms with van der Waals surface area (Å²) in [5.41, 5.74) is 0.799. The maximum atomic E-state index is 12.6. The molecule has 0 saturated carbocycles. The summed E-state index contributed by atoms with van der Waals surface area (Å²) in [6, 6.07) is 17.5. The molecule has 4 rings (SSSR count). The molecule has 8 heteroatoms. The molecule has 2 N–H and O–H groups in total. The summed E-state index contributed by atoms with van der Waals surface area (Å²) < 4.78 is 38.7. The number of sulfonamides is 1. The largest absolute Gasteiger partial charge is 0.486 e. The van der Waals surface area contributed by atoms with Gasteiger partial charge in [-0.1, -0.05) is 30.3 Å². The number of hydrogen-bond acceptors (Lipinski definition) is 6. The lowest BCUT2D eigenvalue weighted by Crippen LogP contribution is -2.23. The zero-order valence-corrected chi connectivity index (χ0v) is 16.5. The van der Waals surface area contributed by atoms with E-state index in [4.69, 9.17) is 9.47 Å². The van der Waals surface area contributed by atoms with Crippen molar-refractivity contribution < 1.29 is 23.0 Å². The molecule has 6 nitrogen and oxygen atoms in total. The molecule has 0 amide bonds. The quantitative estimate of drug-likeness (QED) is 0.644. The molecule has 1 aliphatic rings. The van der Waals surface area contributed by atoms with Crippen LogP contribution in [0.5, 0.6) is 11.5 Å². The first-order valence-corrected chi connectivity index (χ1v) is 11.0. The highest BCUT2D eigenvalue weighted by molar-refractivity contribution is 7.89. The third-order valence-corrected chi connectivity index (χ3v) is 6.86. The van der Waals surface area contributed by atoms with Gasteiger partial charge in [0.25, 0.3) is 0 Å². The molecule has 28 heavy (non-hydrogen) atoms. The van der Waals surface area contributed by atoms with Crippen molar-refractivity contribution in [3.63, 3.8) is 0 Å². The first-order valence-electron chi connectivity index (χ1n) is 8.74.